The summed E-state index contributed by atoms with van der Waals surface area (Å²) >= 11 is 24.2. The summed E-state index contributed by atoms with van der Waals surface area (Å²) in [6, 6.07) is 1.44. The monoisotopic (exact) mass is 288 g/mol. The molecule has 0 fully saturated rings. The number of benzene rings is 1. The Morgan fingerprint density at radius 3 is 1.93 bits per heavy atom. The van der Waals surface area contributed by atoms with Gasteiger partial charge in [0.25, 0.3) is 0 Å². The fraction of sp³-hybridized carbons (Fsp3) is 0.125. The summed E-state index contributed by atoms with van der Waals surface area (Å²) in [5.74, 6) is 0. The van der Waals surface area contributed by atoms with Gasteiger partial charge in [0.1, 0.15) is 0 Å². The Morgan fingerprint density at radius 1 is 1.14 bits per heavy atom. The average Bonchev–Trinajstić information content (AvgIpc) is 2.09. The zero-order chi connectivity index (χ0) is 10.9. The van der Waals surface area contributed by atoms with Gasteiger partial charge in [-0.1, -0.05) is 46.4 Å². The molecule has 0 saturated carbocycles. The molecule has 0 N–H and O–H groups in total. The van der Waals surface area contributed by atoms with Crippen LogP contribution in [0.2, 0.25) is 20.1 Å². The van der Waals surface area contributed by atoms with E-state index in [4.69, 9.17) is 46.4 Å². The summed E-state index contributed by atoms with van der Waals surface area (Å²) in [6.45, 7) is 1.41. The van der Waals surface area contributed by atoms with Crippen LogP contribution in [0.1, 0.15) is 6.92 Å². The summed E-state index contributed by atoms with van der Waals surface area (Å²) in [6.07, 6.45) is 0. The standard InChI is InChI=1S/C8H4Cl4OS/c1-3(13)14-8-6(11)4(9)2-5(10)7(8)12/h2H,1H3. The first-order valence-corrected chi connectivity index (χ1v) is 5.77. The lowest BCUT2D eigenvalue weighted by Crippen LogP contribution is -1.86. The van der Waals surface area contributed by atoms with Gasteiger partial charge < -0.3 is 0 Å². The normalized spacial score (nSPS) is 10.4. The maximum atomic E-state index is 10.9. The van der Waals surface area contributed by atoms with Crippen LogP contribution < -0.4 is 0 Å². The fourth-order valence-corrected chi connectivity index (χ4v) is 2.62. The molecule has 0 aromatic heterocycles. The van der Waals surface area contributed by atoms with Crippen molar-refractivity contribution >= 4 is 63.3 Å². The predicted molar refractivity (Wildman–Crippen MR) is 63.0 cm³/mol. The number of halogens is 4. The summed E-state index contributed by atoms with van der Waals surface area (Å²) in [5.41, 5.74) is 0. The van der Waals surface area contributed by atoms with Crippen molar-refractivity contribution in [3.05, 3.63) is 26.2 Å². The topological polar surface area (TPSA) is 17.1 Å². The Kier molecular flexibility index (Phi) is 4.41. The van der Waals surface area contributed by atoms with Crippen molar-refractivity contribution in [3.63, 3.8) is 0 Å². The van der Waals surface area contributed by atoms with Gasteiger partial charge in [-0.05, 0) is 17.8 Å². The molecule has 0 amide bonds. The van der Waals surface area contributed by atoms with Gasteiger partial charge in [-0.2, -0.15) is 0 Å². The molecular weight excluding hydrogens is 286 g/mol. The van der Waals surface area contributed by atoms with Crippen LogP contribution in [0, 0.1) is 0 Å². The molecule has 1 aromatic carbocycles. The summed E-state index contributed by atoms with van der Waals surface area (Å²) < 4.78 is 0. The fourth-order valence-electron chi connectivity index (χ4n) is 0.785. The lowest BCUT2D eigenvalue weighted by molar-refractivity contribution is -0.109. The molecule has 0 atom stereocenters. The van der Waals surface area contributed by atoms with Crippen LogP contribution in [0.25, 0.3) is 0 Å². The Bertz CT molecular complexity index is 365. The SMILES string of the molecule is CC(=O)Sc1c(Cl)c(Cl)cc(Cl)c1Cl. The van der Waals surface area contributed by atoms with E-state index in [9.17, 15) is 4.79 Å². The van der Waals surface area contributed by atoms with E-state index in [1.165, 1.54) is 13.0 Å². The molecular formula is C8H4Cl4OS. The number of thioether (sulfide) groups is 1. The van der Waals surface area contributed by atoms with Crippen LogP contribution in [-0.4, -0.2) is 5.12 Å². The smallest absolute Gasteiger partial charge is 0.190 e. The second-order valence-corrected chi connectivity index (χ2v) is 5.15. The number of hydrogen-bond donors (Lipinski definition) is 0. The third kappa shape index (κ3) is 2.71. The van der Waals surface area contributed by atoms with E-state index in [2.05, 4.69) is 0 Å². The lowest BCUT2D eigenvalue weighted by Gasteiger charge is -2.07. The molecule has 0 aliphatic rings. The van der Waals surface area contributed by atoms with Gasteiger partial charge in [-0.25, -0.2) is 0 Å². The maximum absolute atomic E-state index is 10.9. The zero-order valence-electron chi connectivity index (χ0n) is 6.91. The van der Waals surface area contributed by atoms with Crippen molar-refractivity contribution in [3.8, 4) is 0 Å². The molecule has 0 aliphatic heterocycles. The van der Waals surface area contributed by atoms with Crippen LogP contribution in [0.15, 0.2) is 11.0 Å². The number of rotatable bonds is 1. The largest absolute Gasteiger partial charge is 0.287 e. The minimum absolute atomic E-state index is 0.132. The third-order valence-corrected chi connectivity index (χ3v) is 4.02. The second-order valence-electron chi connectivity index (χ2n) is 2.39. The molecule has 0 heterocycles. The van der Waals surface area contributed by atoms with Crippen molar-refractivity contribution in [1.82, 2.24) is 0 Å². The highest BCUT2D eigenvalue weighted by atomic mass is 35.5. The molecule has 76 valence electrons. The van der Waals surface area contributed by atoms with Gasteiger partial charge in [0.05, 0.1) is 25.0 Å². The first-order chi connectivity index (χ1) is 6.43. The van der Waals surface area contributed by atoms with Crippen LogP contribution in [0.3, 0.4) is 0 Å². The summed E-state index contributed by atoms with van der Waals surface area (Å²) in [5, 5.41) is 0.935. The summed E-state index contributed by atoms with van der Waals surface area (Å²) in [7, 11) is 0. The Morgan fingerprint density at radius 2 is 1.57 bits per heavy atom. The Labute approximate surface area is 106 Å². The number of carbonyl (C=O) groups is 1. The van der Waals surface area contributed by atoms with E-state index >= 15 is 0 Å². The first kappa shape index (κ1) is 12.5. The highest BCUT2D eigenvalue weighted by Crippen LogP contribution is 2.42. The van der Waals surface area contributed by atoms with Gasteiger partial charge in [0, 0.05) is 6.92 Å². The predicted octanol–water partition coefficient (Wildman–Crippen LogP) is 4.94. The first-order valence-electron chi connectivity index (χ1n) is 3.45. The minimum atomic E-state index is -0.132. The second kappa shape index (κ2) is 4.95. The molecule has 0 aliphatic carbocycles. The molecule has 0 radical (unpaired) electrons. The van der Waals surface area contributed by atoms with Crippen molar-refractivity contribution in [1.29, 1.82) is 0 Å². The highest BCUT2D eigenvalue weighted by molar-refractivity contribution is 8.13. The van der Waals surface area contributed by atoms with E-state index in [0.717, 1.165) is 11.8 Å². The van der Waals surface area contributed by atoms with E-state index in [1.54, 1.807) is 0 Å². The van der Waals surface area contributed by atoms with Crippen LogP contribution in [0.4, 0.5) is 0 Å². The molecule has 1 nitrogen and oxygen atoms in total. The number of carbonyl (C=O) groups excluding carboxylic acids is 1. The van der Waals surface area contributed by atoms with E-state index < -0.39 is 0 Å². The Hall–Kier alpha value is 0.400. The van der Waals surface area contributed by atoms with E-state index in [-0.39, 0.29) is 25.2 Å². The van der Waals surface area contributed by atoms with E-state index in [1.807, 2.05) is 0 Å². The molecule has 0 bridgehead atoms. The van der Waals surface area contributed by atoms with Crippen LogP contribution in [0.5, 0.6) is 0 Å². The van der Waals surface area contributed by atoms with E-state index in [0.29, 0.717) is 4.90 Å². The molecule has 1 rings (SSSR count). The third-order valence-electron chi connectivity index (χ3n) is 1.32. The van der Waals surface area contributed by atoms with Crippen molar-refractivity contribution < 1.29 is 4.79 Å². The molecule has 0 spiro atoms. The lowest BCUT2D eigenvalue weighted by atomic mass is 10.3. The van der Waals surface area contributed by atoms with Crippen molar-refractivity contribution in [2.45, 2.75) is 11.8 Å². The quantitative estimate of drug-likeness (QED) is 0.538. The molecule has 6 heteroatoms. The van der Waals surface area contributed by atoms with Crippen LogP contribution >= 0.6 is 58.2 Å². The van der Waals surface area contributed by atoms with Gasteiger partial charge in [0.2, 0.25) is 0 Å². The van der Waals surface area contributed by atoms with Gasteiger partial charge in [0.15, 0.2) is 5.12 Å². The van der Waals surface area contributed by atoms with Gasteiger partial charge in [-0.15, -0.1) is 0 Å². The average molecular weight is 290 g/mol. The highest BCUT2D eigenvalue weighted by Gasteiger charge is 2.15. The minimum Gasteiger partial charge on any atom is -0.287 e. The van der Waals surface area contributed by atoms with Gasteiger partial charge >= 0.3 is 0 Å². The van der Waals surface area contributed by atoms with Crippen LogP contribution in [-0.2, 0) is 4.79 Å². The molecule has 0 saturated heterocycles. The molecule has 0 unspecified atom stereocenters. The number of hydrogen-bond acceptors (Lipinski definition) is 2. The zero-order valence-corrected chi connectivity index (χ0v) is 10.7. The molecule has 14 heavy (non-hydrogen) atoms. The maximum Gasteiger partial charge on any atom is 0.190 e. The summed E-state index contributed by atoms with van der Waals surface area (Å²) in [4.78, 5) is 11.3. The van der Waals surface area contributed by atoms with Crippen molar-refractivity contribution in [2.75, 3.05) is 0 Å². The van der Waals surface area contributed by atoms with Gasteiger partial charge in [-0.3, -0.25) is 4.79 Å². The van der Waals surface area contributed by atoms with Crippen molar-refractivity contribution in [2.24, 2.45) is 0 Å². The Balaban J connectivity index is 3.31. The molecule has 1 aromatic rings.